The Morgan fingerprint density at radius 1 is 1.40 bits per heavy atom. The SMILES string of the molecule is CC(C)CC(C)Oc1ccnc(CO)c1. The number of aromatic nitrogens is 1. The predicted octanol–water partition coefficient (Wildman–Crippen LogP) is 2.39. The minimum absolute atomic E-state index is 0.0459. The zero-order chi connectivity index (χ0) is 11.3. The van der Waals surface area contributed by atoms with Gasteiger partial charge in [0, 0.05) is 12.3 Å². The fourth-order valence-electron chi connectivity index (χ4n) is 1.56. The fraction of sp³-hybridized carbons (Fsp3) is 0.583. The van der Waals surface area contributed by atoms with Gasteiger partial charge in [0.15, 0.2) is 0 Å². The molecule has 3 nitrogen and oxygen atoms in total. The molecule has 0 bridgehead atoms. The van der Waals surface area contributed by atoms with Crippen molar-refractivity contribution in [1.82, 2.24) is 4.98 Å². The molecule has 1 unspecified atom stereocenters. The molecule has 3 heteroatoms. The van der Waals surface area contributed by atoms with E-state index in [9.17, 15) is 0 Å². The number of nitrogens with zero attached hydrogens (tertiary/aromatic N) is 1. The summed E-state index contributed by atoms with van der Waals surface area (Å²) in [4.78, 5) is 4.00. The van der Waals surface area contributed by atoms with Crippen LogP contribution < -0.4 is 4.74 Å². The summed E-state index contributed by atoms with van der Waals surface area (Å²) in [6, 6.07) is 3.59. The van der Waals surface area contributed by atoms with E-state index in [0.29, 0.717) is 11.6 Å². The molecule has 15 heavy (non-hydrogen) atoms. The van der Waals surface area contributed by atoms with Crippen LogP contribution in [0.1, 0.15) is 32.9 Å². The Balaban J connectivity index is 2.55. The maximum Gasteiger partial charge on any atom is 0.123 e. The normalized spacial score (nSPS) is 12.9. The number of aliphatic hydroxyl groups is 1. The lowest BCUT2D eigenvalue weighted by atomic mass is 10.1. The number of ether oxygens (including phenoxy) is 1. The molecule has 1 atom stereocenters. The first-order valence-corrected chi connectivity index (χ1v) is 5.34. The number of hydrogen-bond donors (Lipinski definition) is 1. The van der Waals surface area contributed by atoms with E-state index >= 15 is 0 Å². The predicted molar refractivity (Wildman–Crippen MR) is 59.7 cm³/mol. The third-order valence-electron chi connectivity index (χ3n) is 2.09. The standard InChI is InChI=1S/C12H19NO2/c1-9(2)6-10(3)15-12-4-5-13-11(7-12)8-14/h4-5,7,9-10,14H,6,8H2,1-3H3. The zero-order valence-corrected chi connectivity index (χ0v) is 9.60. The van der Waals surface area contributed by atoms with Crippen LogP contribution in [0, 0.1) is 5.92 Å². The lowest BCUT2D eigenvalue weighted by Gasteiger charge is -2.16. The molecule has 0 spiro atoms. The highest BCUT2D eigenvalue weighted by atomic mass is 16.5. The Kier molecular flexibility index (Phi) is 4.56. The first-order valence-electron chi connectivity index (χ1n) is 5.34. The molecule has 0 aliphatic carbocycles. The first kappa shape index (κ1) is 12.0. The average Bonchev–Trinajstić information content (AvgIpc) is 2.16. The molecule has 0 aliphatic heterocycles. The molecular weight excluding hydrogens is 190 g/mol. The van der Waals surface area contributed by atoms with Crippen LogP contribution in [-0.2, 0) is 6.61 Å². The van der Waals surface area contributed by atoms with E-state index in [1.807, 2.05) is 6.07 Å². The molecular formula is C12H19NO2. The van der Waals surface area contributed by atoms with Crippen LogP contribution in [0.3, 0.4) is 0 Å². The largest absolute Gasteiger partial charge is 0.491 e. The molecule has 0 saturated carbocycles. The third-order valence-corrected chi connectivity index (χ3v) is 2.09. The summed E-state index contributed by atoms with van der Waals surface area (Å²) in [5.41, 5.74) is 0.643. The van der Waals surface area contributed by atoms with Crippen LogP contribution >= 0.6 is 0 Å². The molecule has 0 radical (unpaired) electrons. The monoisotopic (exact) mass is 209 g/mol. The Labute approximate surface area is 91.1 Å². The Bertz CT molecular complexity index is 299. The van der Waals surface area contributed by atoms with Crippen molar-refractivity contribution in [3.63, 3.8) is 0 Å². The highest BCUT2D eigenvalue weighted by Crippen LogP contribution is 2.16. The van der Waals surface area contributed by atoms with Gasteiger partial charge in [0.05, 0.1) is 18.4 Å². The minimum Gasteiger partial charge on any atom is -0.491 e. The fourth-order valence-corrected chi connectivity index (χ4v) is 1.56. The van der Waals surface area contributed by atoms with Crippen LogP contribution in [0.5, 0.6) is 5.75 Å². The van der Waals surface area contributed by atoms with E-state index in [-0.39, 0.29) is 12.7 Å². The molecule has 1 aromatic rings. The highest BCUT2D eigenvalue weighted by molar-refractivity contribution is 5.22. The second-order valence-corrected chi connectivity index (χ2v) is 4.20. The molecule has 0 fully saturated rings. The Hall–Kier alpha value is -1.09. The number of aliphatic hydroxyl groups excluding tert-OH is 1. The van der Waals surface area contributed by atoms with Gasteiger partial charge in [-0.25, -0.2) is 0 Å². The molecule has 1 N–H and O–H groups in total. The van der Waals surface area contributed by atoms with Gasteiger partial charge < -0.3 is 9.84 Å². The Morgan fingerprint density at radius 2 is 2.13 bits per heavy atom. The maximum absolute atomic E-state index is 8.92. The molecule has 0 aliphatic rings. The van der Waals surface area contributed by atoms with Crippen LogP contribution in [-0.4, -0.2) is 16.2 Å². The van der Waals surface area contributed by atoms with Crippen molar-refractivity contribution < 1.29 is 9.84 Å². The van der Waals surface area contributed by atoms with Crippen molar-refractivity contribution in [2.45, 2.75) is 39.9 Å². The second-order valence-electron chi connectivity index (χ2n) is 4.20. The molecule has 1 rings (SSSR count). The summed E-state index contributed by atoms with van der Waals surface area (Å²) in [6.45, 7) is 6.35. The molecule has 84 valence electrons. The lowest BCUT2D eigenvalue weighted by Crippen LogP contribution is -2.14. The van der Waals surface area contributed by atoms with Gasteiger partial charge in [0.1, 0.15) is 5.75 Å². The summed E-state index contributed by atoms with van der Waals surface area (Å²) in [7, 11) is 0. The van der Waals surface area contributed by atoms with Crippen LogP contribution in [0.2, 0.25) is 0 Å². The molecule has 1 heterocycles. The van der Waals surface area contributed by atoms with E-state index in [1.165, 1.54) is 0 Å². The van der Waals surface area contributed by atoms with Gasteiger partial charge in [-0.1, -0.05) is 13.8 Å². The smallest absolute Gasteiger partial charge is 0.123 e. The van der Waals surface area contributed by atoms with Crippen molar-refractivity contribution in [2.75, 3.05) is 0 Å². The first-order chi connectivity index (χ1) is 7.11. The van der Waals surface area contributed by atoms with E-state index in [4.69, 9.17) is 9.84 Å². The van der Waals surface area contributed by atoms with Gasteiger partial charge in [0.25, 0.3) is 0 Å². The van der Waals surface area contributed by atoms with E-state index in [0.717, 1.165) is 12.2 Å². The van der Waals surface area contributed by atoms with Crippen molar-refractivity contribution in [3.8, 4) is 5.75 Å². The zero-order valence-electron chi connectivity index (χ0n) is 9.60. The number of rotatable bonds is 5. The van der Waals surface area contributed by atoms with Gasteiger partial charge in [-0.2, -0.15) is 0 Å². The quantitative estimate of drug-likeness (QED) is 0.809. The molecule has 0 amide bonds. The second kappa shape index (κ2) is 5.71. The highest BCUT2D eigenvalue weighted by Gasteiger charge is 2.07. The van der Waals surface area contributed by atoms with Gasteiger partial charge >= 0.3 is 0 Å². The summed E-state index contributed by atoms with van der Waals surface area (Å²) in [5.74, 6) is 1.40. The molecule has 1 aromatic heterocycles. The number of pyridine rings is 1. The van der Waals surface area contributed by atoms with E-state index in [2.05, 4.69) is 25.8 Å². The number of hydrogen-bond acceptors (Lipinski definition) is 3. The summed E-state index contributed by atoms with van der Waals surface area (Å²) >= 11 is 0. The molecule has 0 saturated heterocycles. The average molecular weight is 209 g/mol. The van der Waals surface area contributed by atoms with Crippen molar-refractivity contribution in [1.29, 1.82) is 0 Å². The maximum atomic E-state index is 8.92. The van der Waals surface area contributed by atoms with Crippen LogP contribution in [0.25, 0.3) is 0 Å². The van der Waals surface area contributed by atoms with Gasteiger partial charge in [-0.15, -0.1) is 0 Å². The van der Waals surface area contributed by atoms with Gasteiger partial charge in [-0.3, -0.25) is 4.98 Å². The van der Waals surface area contributed by atoms with Crippen molar-refractivity contribution in [3.05, 3.63) is 24.0 Å². The third kappa shape index (κ3) is 4.30. The van der Waals surface area contributed by atoms with Crippen molar-refractivity contribution in [2.24, 2.45) is 5.92 Å². The summed E-state index contributed by atoms with van der Waals surface area (Å²) < 4.78 is 5.72. The minimum atomic E-state index is -0.0459. The lowest BCUT2D eigenvalue weighted by molar-refractivity contribution is 0.192. The summed E-state index contributed by atoms with van der Waals surface area (Å²) in [5, 5.41) is 8.92. The van der Waals surface area contributed by atoms with Crippen LogP contribution in [0.4, 0.5) is 0 Å². The summed E-state index contributed by atoms with van der Waals surface area (Å²) in [6.07, 6.45) is 2.87. The Morgan fingerprint density at radius 3 is 2.73 bits per heavy atom. The molecule has 0 aromatic carbocycles. The van der Waals surface area contributed by atoms with E-state index < -0.39 is 0 Å². The van der Waals surface area contributed by atoms with Crippen LogP contribution in [0.15, 0.2) is 18.3 Å². The topological polar surface area (TPSA) is 42.4 Å². The van der Waals surface area contributed by atoms with E-state index in [1.54, 1.807) is 12.3 Å². The van der Waals surface area contributed by atoms with Gasteiger partial charge in [-0.05, 0) is 25.3 Å². The van der Waals surface area contributed by atoms with Gasteiger partial charge in [0.2, 0.25) is 0 Å². The van der Waals surface area contributed by atoms with Crippen molar-refractivity contribution >= 4 is 0 Å².